The number of rotatable bonds is 5. The molecule has 1 atom stereocenters. The average Bonchev–Trinajstić information content (AvgIpc) is 2.81. The summed E-state index contributed by atoms with van der Waals surface area (Å²) in [6.45, 7) is 1.88. The van der Waals surface area contributed by atoms with Gasteiger partial charge in [-0.15, -0.1) is 0 Å². The largest absolute Gasteiger partial charge is 0.322 e. The number of hydrogen-bond donors (Lipinski definition) is 1. The number of halogens is 1. The number of carbonyl (C=O) groups is 1. The van der Waals surface area contributed by atoms with Gasteiger partial charge in [0.2, 0.25) is 5.91 Å². The van der Waals surface area contributed by atoms with Crippen LogP contribution in [-0.4, -0.2) is 32.7 Å². The fourth-order valence-corrected chi connectivity index (χ4v) is 2.47. The second-order valence-electron chi connectivity index (χ2n) is 4.34. The summed E-state index contributed by atoms with van der Waals surface area (Å²) in [6.07, 6.45) is 7.01. The Morgan fingerprint density at radius 1 is 1.60 bits per heavy atom. The van der Waals surface area contributed by atoms with Gasteiger partial charge < -0.3 is 5.32 Å². The lowest BCUT2D eigenvalue weighted by Gasteiger charge is -2.09. The van der Waals surface area contributed by atoms with Gasteiger partial charge in [-0.05, 0) is 18.4 Å². The number of thioether (sulfide) groups is 1. The quantitative estimate of drug-likeness (QED) is 0.922. The van der Waals surface area contributed by atoms with Crippen molar-refractivity contribution in [1.82, 2.24) is 14.8 Å². The molecule has 0 unspecified atom stereocenters. The fourth-order valence-electron chi connectivity index (χ4n) is 1.64. The van der Waals surface area contributed by atoms with E-state index in [2.05, 4.69) is 15.4 Å². The molecule has 1 N–H and O–H groups in total. The third kappa shape index (κ3) is 3.52. The van der Waals surface area contributed by atoms with Gasteiger partial charge >= 0.3 is 0 Å². The van der Waals surface area contributed by atoms with Crippen LogP contribution in [-0.2, 0) is 4.79 Å². The highest BCUT2D eigenvalue weighted by Crippen LogP contribution is 2.22. The van der Waals surface area contributed by atoms with Gasteiger partial charge in [0.15, 0.2) is 5.15 Å². The van der Waals surface area contributed by atoms with Gasteiger partial charge in [0, 0.05) is 17.9 Å². The third-order valence-corrected chi connectivity index (χ3v) is 3.81. The molecule has 0 aliphatic heterocycles. The summed E-state index contributed by atoms with van der Waals surface area (Å²) in [7, 11) is 0. The van der Waals surface area contributed by atoms with Crippen LogP contribution in [0.3, 0.4) is 0 Å². The second-order valence-corrected chi connectivity index (χ2v) is 5.60. The minimum Gasteiger partial charge on any atom is -0.322 e. The fraction of sp³-hybridized carbons (Fsp3) is 0.308. The summed E-state index contributed by atoms with van der Waals surface area (Å²) in [4.78, 5) is 16.0. The van der Waals surface area contributed by atoms with E-state index in [0.29, 0.717) is 5.69 Å². The van der Waals surface area contributed by atoms with Crippen molar-refractivity contribution in [1.29, 1.82) is 0 Å². The zero-order chi connectivity index (χ0) is 14.5. The molecule has 5 nitrogen and oxygen atoms in total. The smallest absolute Gasteiger partial charge is 0.228 e. The van der Waals surface area contributed by atoms with Crippen molar-refractivity contribution in [3.8, 4) is 5.69 Å². The van der Waals surface area contributed by atoms with E-state index in [4.69, 9.17) is 11.6 Å². The Hall–Kier alpha value is -1.53. The second kappa shape index (κ2) is 6.76. The molecule has 2 rings (SSSR count). The Labute approximate surface area is 126 Å². The van der Waals surface area contributed by atoms with Gasteiger partial charge in [-0.25, -0.2) is 4.68 Å². The number of hydrogen-bond acceptors (Lipinski definition) is 4. The molecule has 0 saturated heterocycles. The van der Waals surface area contributed by atoms with Crippen molar-refractivity contribution in [3.63, 3.8) is 0 Å². The molecule has 2 heterocycles. The van der Waals surface area contributed by atoms with E-state index in [9.17, 15) is 4.79 Å². The topological polar surface area (TPSA) is 59.8 Å². The molecule has 0 aromatic carbocycles. The van der Waals surface area contributed by atoms with E-state index in [1.54, 1.807) is 35.0 Å². The summed E-state index contributed by atoms with van der Waals surface area (Å²) in [5.74, 6) is 0.620. The first-order chi connectivity index (χ1) is 9.61. The predicted octanol–water partition coefficient (Wildman–Crippen LogP) is 2.86. The van der Waals surface area contributed by atoms with Crippen molar-refractivity contribution in [3.05, 3.63) is 35.9 Å². The van der Waals surface area contributed by atoms with Gasteiger partial charge in [-0.1, -0.05) is 18.5 Å². The predicted molar refractivity (Wildman–Crippen MR) is 82.5 cm³/mol. The van der Waals surface area contributed by atoms with Gasteiger partial charge in [0.25, 0.3) is 0 Å². The van der Waals surface area contributed by atoms with Gasteiger partial charge in [-0.2, -0.15) is 16.9 Å². The minimum atomic E-state index is -0.0807. The molecule has 2 aromatic rings. The molecule has 0 saturated carbocycles. The molecule has 0 spiro atoms. The van der Waals surface area contributed by atoms with E-state index >= 15 is 0 Å². The molecular formula is C13H15ClN4OS. The Kier molecular flexibility index (Phi) is 5.03. The highest BCUT2D eigenvalue weighted by molar-refractivity contribution is 7.98. The molecule has 0 aliphatic rings. The van der Waals surface area contributed by atoms with Crippen molar-refractivity contribution in [2.24, 2.45) is 5.92 Å². The van der Waals surface area contributed by atoms with Crippen LogP contribution in [0.5, 0.6) is 0 Å². The van der Waals surface area contributed by atoms with Crippen LogP contribution in [0.2, 0.25) is 5.15 Å². The lowest BCUT2D eigenvalue weighted by Crippen LogP contribution is -2.21. The number of carbonyl (C=O) groups excluding carboxylic acids is 1. The normalized spacial score (nSPS) is 12.2. The van der Waals surface area contributed by atoms with E-state index < -0.39 is 0 Å². The summed E-state index contributed by atoms with van der Waals surface area (Å²) >= 11 is 7.68. The molecule has 2 aromatic heterocycles. The van der Waals surface area contributed by atoms with Crippen molar-refractivity contribution in [2.75, 3.05) is 17.3 Å². The molecular weight excluding hydrogens is 296 g/mol. The van der Waals surface area contributed by atoms with E-state index in [0.717, 1.165) is 11.4 Å². The Bertz CT molecular complexity index is 587. The molecule has 7 heteroatoms. The number of amides is 1. The number of nitrogens with one attached hydrogen (secondary N) is 1. The maximum absolute atomic E-state index is 12.0. The molecule has 0 aliphatic carbocycles. The first-order valence-corrected chi connectivity index (χ1v) is 7.84. The average molecular weight is 311 g/mol. The van der Waals surface area contributed by atoms with Crippen molar-refractivity contribution in [2.45, 2.75) is 6.92 Å². The van der Waals surface area contributed by atoms with Crippen molar-refractivity contribution < 1.29 is 4.79 Å². The van der Waals surface area contributed by atoms with Crippen LogP contribution < -0.4 is 5.32 Å². The zero-order valence-corrected chi connectivity index (χ0v) is 12.8. The number of anilines is 1. The maximum atomic E-state index is 12.0. The SMILES string of the molecule is CSC[C@@H](C)C(=O)Nc1cn(-c2cccnc2)nc1Cl. The lowest BCUT2D eigenvalue weighted by molar-refractivity contribution is -0.118. The summed E-state index contributed by atoms with van der Waals surface area (Å²) in [6, 6.07) is 3.67. The van der Waals surface area contributed by atoms with E-state index in [-0.39, 0.29) is 17.0 Å². The molecule has 20 heavy (non-hydrogen) atoms. The van der Waals surface area contributed by atoms with E-state index in [1.165, 1.54) is 0 Å². The molecule has 106 valence electrons. The van der Waals surface area contributed by atoms with Gasteiger partial charge in [-0.3, -0.25) is 9.78 Å². The maximum Gasteiger partial charge on any atom is 0.228 e. The third-order valence-electron chi connectivity index (χ3n) is 2.70. The van der Waals surface area contributed by atoms with Gasteiger partial charge in [0.05, 0.1) is 23.8 Å². The van der Waals surface area contributed by atoms with Crippen LogP contribution in [0.15, 0.2) is 30.7 Å². The Morgan fingerprint density at radius 3 is 3.05 bits per heavy atom. The lowest BCUT2D eigenvalue weighted by atomic mass is 10.2. The number of nitrogens with zero attached hydrogens (tertiary/aromatic N) is 3. The van der Waals surface area contributed by atoms with Gasteiger partial charge in [0.1, 0.15) is 0 Å². The highest BCUT2D eigenvalue weighted by Gasteiger charge is 2.16. The highest BCUT2D eigenvalue weighted by atomic mass is 35.5. The van der Waals surface area contributed by atoms with Crippen LogP contribution >= 0.6 is 23.4 Å². The van der Waals surface area contributed by atoms with Crippen LogP contribution in [0.25, 0.3) is 5.69 Å². The zero-order valence-electron chi connectivity index (χ0n) is 11.2. The van der Waals surface area contributed by atoms with E-state index in [1.807, 2.05) is 25.3 Å². The summed E-state index contributed by atoms with van der Waals surface area (Å²) in [5, 5.41) is 7.22. The number of aromatic nitrogens is 3. The molecule has 1 amide bonds. The summed E-state index contributed by atoms with van der Waals surface area (Å²) in [5.41, 5.74) is 1.29. The number of pyridine rings is 1. The standard InChI is InChI=1S/C13H15ClN4OS/c1-9(8-20-2)13(19)16-11-7-18(17-12(11)14)10-4-3-5-15-6-10/h3-7,9H,8H2,1-2H3,(H,16,19)/t9-/m1/s1. The van der Waals surface area contributed by atoms with Crippen LogP contribution in [0.4, 0.5) is 5.69 Å². The molecule has 0 fully saturated rings. The van der Waals surface area contributed by atoms with Crippen molar-refractivity contribution >= 4 is 35.0 Å². The Morgan fingerprint density at radius 2 is 2.40 bits per heavy atom. The van der Waals surface area contributed by atoms with Crippen LogP contribution in [0.1, 0.15) is 6.92 Å². The monoisotopic (exact) mass is 310 g/mol. The molecule has 0 radical (unpaired) electrons. The molecule has 0 bridgehead atoms. The first-order valence-electron chi connectivity index (χ1n) is 6.07. The summed E-state index contributed by atoms with van der Waals surface area (Å²) < 4.78 is 1.59. The minimum absolute atomic E-state index is 0.0630. The van der Waals surface area contributed by atoms with Crippen LogP contribution in [0, 0.1) is 5.92 Å². The first kappa shape index (κ1) is 14.9. The Balaban J connectivity index is 2.14.